The number of nitrogens with zero attached hydrogens (tertiary/aromatic N) is 3. The van der Waals surface area contributed by atoms with E-state index in [-0.39, 0.29) is 0 Å². The first-order valence-electron chi connectivity index (χ1n) is 18.8. The molecule has 0 saturated carbocycles. The minimum atomic E-state index is 0.536. The first kappa shape index (κ1) is 46.2. The Kier molecular flexibility index (Phi) is 30.5. The number of carbonyl (C=O) groups is 1. The number of carbonyl (C=O) groups excluding carboxylic acids is 1. The van der Waals surface area contributed by atoms with Gasteiger partial charge in [-0.2, -0.15) is 0 Å². The third-order valence-corrected chi connectivity index (χ3v) is 8.26. The van der Waals surface area contributed by atoms with Gasteiger partial charge in [0.1, 0.15) is 12.0 Å². The number of allylic oxidation sites excluding steroid dienone is 9. The Morgan fingerprint density at radius 3 is 2.30 bits per heavy atom. The Labute approximate surface area is 288 Å². The zero-order valence-corrected chi connectivity index (χ0v) is 32.7. The topological polar surface area (TPSA) is 32.8 Å². The van der Waals surface area contributed by atoms with Crippen LogP contribution in [-0.2, 0) is 9.53 Å². The van der Waals surface area contributed by atoms with Gasteiger partial charge in [0.05, 0.1) is 40.8 Å². The highest BCUT2D eigenvalue weighted by atomic mass is 16.5. The first-order valence-corrected chi connectivity index (χ1v) is 18.8. The molecular weight excluding hydrogens is 566 g/mol. The minimum Gasteiger partial charge on any atom is -0.493 e. The van der Waals surface area contributed by atoms with Gasteiger partial charge in [0.15, 0.2) is 0 Å². The quantitative estimate of drug-likeness (QED) is 0.0434. The number of hydrogen-bond acceptors (Lipinski definition) is 4. The van der Waals surface area contributed by atoms with Gasteiger partial charge in [-0.25, -0.2) is 0 Å². The van der Waals surface area contributed by atoms with Gasteiger partial charge < -0.3 is 18.9 Å². The molecule has 0 aromatic rings. The van der Waals surface area contributed by atoms with Gasteiger partial charge in [-0.05, 0) is 90.0 Å². The minimum absolute atomic E-state index is 0.536. The highest BCUT2D eigenvalue weighted by Gasteiger charge is 2.30. The molecule has 46 heavy (non-hydrogen) atoms. The zero-order valence-electron chi connectivity index (χ0n) is 32.7. The molecule has 0 aromatic heterocycles. The van der Waals surface area contributed by atoms with Crippen LogP contribution in [0.3, 0.4) is 0 Å². The van der Waals surface area contributed by atoms with Crippen LogP contribution in [0.5, 0.6) is 0 Å². The van der Waals surface area contributed by atoms with Crippen LogP contribution in [0.4, 0.5) is 0 Å². The summed E-state index contributed by atoms with van der Waals surface area (Å²) in [7, 11) is 9.00. The molecular formula is C41H78N3O2+. The van der Waals surface area contributed by atoms with Gasteiger partial charge in [-0.3, -0.25) is 4.90 Å². The van der Waals surface area contributed by atoms with Gasteiger partial charge >= 0.3 is 0 Å². The predicted octanol–water partition coefficient (Wildman–Crippen LogP) is 10.0. The summed E-state index contributed by atoms with van der Waals surface area (Å²) in [5.41, 5.74) is 2.71. The summed E-state index contributed by atoms with van der Waals surface area (Å²) >= 11 is 0. The van der Waals surface area contributed by atoms with E-state index in [1.807, 2.05) is 34.6 Å². The van der Waals surface area contributed by atoms with Crippen LogP contribution in [-0.4, -0.2) is 94.1 Å². The summed E-state index contributed by atoms with van der Waals surface area (Å²) in [6.45, 7) is 22.7. The van der Waals surface area contributed by atoms with Gasteiger partial charge in [-0.15, -0.1) is 0 Å². The van der Waals surface area contributed by atoms with Gasteiger partial charge in [0.2, 0.25) is 0 Å². The van der Waals surface area contributed by atoms with Crippen LogP contribution in [0, 0.1) is 5.92 Å². The van der Waals surface area contributed by atoms with Crippen LogP contribution in [0.2, 0.25) is 0 Å². The molecule has 0 amide bonds. The van der Waals surface area contributed by atoms with E-state index in [2.05, 4.69) is 101 Å². The molecule has 2 rings (SSSR count). The van der Waals surface area contributed by atoms with Gasteiger partial charge in [-0.1, -0.05) is 96.4 Å². The van der Waals surface area contributed by atoms with E-state index in [1.54, 1.807) is 0 Å². The molecule has 2 aliphatic rings. The largest absolute Gasteiger partial charge is 0.493 e. The van der Waals surface area contributed by atoms with Gasteiger partial charge in [0, 0.05) is 25.6 Å². The lowest BCUT2D eigenvalue weighted by atomic mass is 9.97. The molecule has 0 radical (unpaired) electrons. The molecule has 5 nitrogen and oxygen atoms in total. The van der Waals surface area contributed by atoms with Crippen LogP contribution >= 0.6 is 0 Å². The van der Waals surface area contributed by atoms with Crippen LogP contribution in [0.1, 0.15) is 120 Å². The van der Waals surface area contributed by atoms with Crippen molar-refractivity contribution >= 4 is 6.29 Å². The van der Waals surface area contributed by atoms with Crippen molar-refractivity contribution in [2.45, 2.75) is 126 Å². The monoisotopic (exact) mass is 645 g/mol. The smallest absolute Gasteiger partial charge is 0.133 e. The van der Waals surface area contributed by atoms with Crippen molar-refractivity contribution in [3.05, 3.63) is 59.4 Å². The van der Waals surface area contributed by atoms with E-state index >= 15 is 0 Å². The molecule has 2 atom stereocenters. The summed E-state index contributed by atoms with van der Waals surface area (Å²) in [6, 6.07) is 0.536. The number of quaternary nitrogens is 1. The van der Waals surface area contributed by atoms with Crippen LogP contribution in [0.25, 0.3) is 0 Å². The number of unbranched alkanes of at least 4 members (excludes halogenated alkanes) is 2. The number of ether oxygens (including phenoxy) is 1. The molecule has 268 valence electrons. The molecule has 1 fully saturated rings. The number of likely N-dealkylation sites (tertiary alicyclic amines) is 1. The van der Waals surface area contributed by atoms with Crippen molar-refractivity contribution in [2.75, 3.05) is 67.5 Å². The molecule has 1 heterocycles. The standard InChI is InChI=1S/C26H39NO2.C11H27N2.2C2H6/c1-4-6-19-29-26(22(3)5-2)14-10-9-13-24-20-25(27(21-24)17-18-28)16-15-23-11-7-8-12-23;1-6-7-9-12(2)10-8-11-13(3,4)5;2*1-2/h5,7-11,14,18,24-25H,4,6,12-13,15-17,19-21H2,1-3H3;6-11H2,1-5H3;2*1-2H3/q;+1;;/b10-9+,22-5-,26-14+;;;. The summed E-state index contributed by atoms with van der Waals surface area (Å²) in [4.78, 5) is 15.9. The maximum absolute atomic E-state index is 11.1. The molecule has 1 aliphatic carbocycles. The molecule has 0 N–H and O–H groups in total. The lowest BCUT2D eigenvalue weighted by Crippen LogP contribution is -2.37. The fourth-order valence-corrected chi connectivity index (χ4v) is 5.45. The van der Waals surface area contributed by atoms with E-state index in [1.165, 1.54) is 56.5 Å². The number of hydrogen-bond donors (Lipinski definition) is 0. The number of aldehydes is 1. The van der Waals surface area contributed by atoms with Crippen LogP contribution < -0.4 is 0 Å². The molecule has 5 heteroatoms. The van der Waals surface area contributed by atoms with E-state index in [4.69, 9.17) is 4.74 Å². The van der Waals surface area contributed by atoms with E-state index in [0.29, 0.717) is 18.5 Å². The van der Waals surface area contributed by atoms with Crippen molar-refractivity contribution in [3.8, 4) is 0 Å². The molecule has 0 spiro atoms. The van der Waals surface area contributed by atoms with Crippen molar-refractivity contribution < 1.29 is 14.0 Å². The Hall–Kier alpha value is -1.95. The van der Waals surface area contributed by atoms with Crippen LogP contribution in [0.15, 0.2) is 59.4 Å². The highest BCUT2D eigenvalue weighted by molar-refractivity contribution is 5.52. The lowest BCUT2D eigenvalue weighted by molar-refractivity contribution is -0.870. The molecule has 1 saturated heterocycles. The molecule has 0 aromatic carbocycles. The van der Waals surface area contributed by atoms with Crippen molar-refractivity contribution in [1.29, 1.82) is 0 Å². The Morgan fingerprint density at radius 1 is 1.07 bits per heavy atom. The summed E-state index contributed by atoms with van der Waals surface area (Å²) in [6.07, 6.45) is 28.1. The molecule has 2 unspecified atom stereocenters. The molecule has 0 bridgehead atoms. The Bertz CT molecular complexity index is 879. The van der Waals surface area contributed by atoms with E-state index < -0.39 is 0 Å². The third-order valence-electron chi connectivity index (χ3n) is 8.26. The average molecular weight is 645 g/mol. The summed E-state index contributed by atoms with van der Waals surface area (Å²) in [5.74, 6) is 1.61. The maximum atomic E-state index is 11.1. The van der Waals surface area contributed by atoms with E-state index in [9.17, 15) is 4.79 Å². The second-order valence-corrected chi connectivity index (χ2v) is 13.3. The third kappa shape index (κ3) is 24.3. The second kappa shape index (κ2) is 30.4. The summed E-state index contributed by atoms with van der Waals surface area (Å²) in [5, 5.41) is 0. The fourth-order valence-electron chi connectivity index (χ4n) is 5.45. The Morgan fingerprint density at radius 2 is 1.74 bits per heavy atom. The average Bonchev–Trinajstić information content (AvgIpc) is 3.71. The second-order valence-electron chi connectivity index (χ2n) is 13.3. The lowest BCUT2D eigenvalue weighted by Gasteiger charge is -2.25. The van der Waals surface area contributed by atoms with Crippen molar-refractivity contribution in [2.24, 2.45) is 5.92 Å². The predicted molar refractivity (Wildman–Crippen MR) is 205 cm³/mol. The van der Waals surface area contributed by atoms with Crippen molar-refractivity contribution in [1.82, 2.24) is 9.80 Å². The van der Waals surface area contributed by atoms with Crippen molar-refractivity contribution in [3.63, 3.8) is 0 Å². The normalized spacial score (nSPS) is 18.4. The first-order chi connectivity index (χ1) is 22.1. The highest BCUT2D eigenvalue weighted by Crippen LogP contribution is 2.30. The Balaban J connectivity index is 0. The van der Waals surface area contributed by atoms with E-state index in [0.717, 1.165) is 68.2 Å². The maximum Gasteiger partial charge on any atom is 0.133 e. The number of rotatable bonds is 20. The zero-order chi connectivity index (χ0) is 35.2. The summed E-state index contributed by atoms with van der Waals surface area (Å²) < 4.78 is 7.02. The fraction of sp³-hybridized carbons (Fsp3) is 0.732. The SMILES string of the molecule is CC.CC.CCCCN(C)CCC[N+](C)(C)C.C\C=C(C)/C(=C\C=C\CC1CC(CCC2=CC=CC2)N(CC=O)C1)OCCCC. The molecule has 1 aliphatic heterocycles. The van der Waals surface area contributed by atoms with Gasteiger partial charge in [0.25, 0.3) is 0 Å².